The van der Waals surface area contributed by atoms with Crippen molar-refractivity contribution in [3.05, 3.63) is 17.7 Å². The smallest absolute Gasteiger partial charge is 0.254 e. The SMILES string of the molecule is COc1cc(C(=O)N(C)C2CCN(C)C2)cc(NC(=O)CSC)c1OC. The number of benzene rings is 1. The zero-order valence-electron chi connectivity index (χ0n) is 16.0. The molecule has 1 saturated heterocycles. The summed E-state index contributed by atoms with van der Waals surface area (Å²) < 4.78 is 10.7. The van der Waals surface area contributed by atoms with Gasteiger partial charge in [0.15, 0.2) is 11.5 Å². The number of amides is 2. The molecule has 1 aromatic rings. The second kappa shape index (κ2) is 9.14. The summed E-state index contributed by atoms with van der Waals surface area (Å²) in [5, 5.41) is 2.80. The molecule has 1 aromatic carbocycles. The van der Waals surface area contributed by atoms with Crippen molar-refractivity contribution >= 4 is 29.3 Å². The van der Waals surface area contributed by atoms with E-state index in [1.165, 1.54) is 26.0 Å². The molecule has 144 valence electrons. The Labute approximate surface area is 159 Å². The van der Waals surface area contributed by atoms with Crippen LogP contribution in [-0.4, -0.2) is 81.1 Å². The van der Waals surface area contributed by atoms with Crippen LogP contribution in [0.2, 0.25) is 0 Å². The highest BCUT2D eigenvalue weighted by Gasteiger charge is 2.28. The van der Waals surface area contributed by atoms with Crippen LogP contribution in [0.25, 0.3) is 0 Å². The fourth-order valence-electron chi connectivity index (χ4n) is 3.10. The Morgan fingerprint density at radius 2 is 2.08 bits per heavy atom. The van der Waals surface area contributed by atoms with E-state index in [1.54, 1.807) is 17.0 Å². The largest absolute Gasteiger partial charge is 0.493 e. The lowest BCUT2D eigenvalue weighted by Crippen LogP contribution is -2.38. The van der Waals surface area contributed by atoms with Gasteiger partial charge in [-0.15, -0.1) is 0 Å². The van der Waals surface area contributed by atoms with Gasteiger partial charge in [0.2, 0.25) is 5.91 Å². The summed E-state index contributed by atoms with van der Waals surface area (Å²) in [6, 6.07) is 3.48. The number of methoxy groups -OCH3 is 2. The molecule has 1 fully saturated rings. The molecule has 0 aromatic heterocycles. The number of carbonyl (C=O) groups is 2. The van der Waals surface area contributed by atoms with Crippen LogP contribution in [0.1, 0.15) is 16.8 Å². The van der Waals surface area contributed by atoms with Crippen LogP contribution in [0, 0.1) is 0 Å². The summed E-state index contributed by atoms with van der Waals surface area (Å²) in [5.41, 5.74) is 0.894. The van der Waals surface area contributed by atoms with Gasteiger partial charge in [0.05, 0.1) is 25.7 Å². The molecule has 1 heterocycles. The average molecular weight is 381 g/mol. The number of ether oxygens (including phenoxy) is 2. The summed E-state index contributed by atoms with van der Waals surface area (Å²) >= 11 is 1.42. The van der Waals surface area contributed by atoms with Gasteiger partial charge in [0.1, 0.15) is 0 Å². The van der Waals surface area contributed by atoms with Crippen LogP contribution in [0.3, 0.4) is 0 Å². The summed E-state index contributed by atoms with van der Waals surface area (Å²) in [6.45, 7) is 1.83. The van der Waals surface area contributed by atoms with E-state index in [-0.39, 0.29) is 17.9 Å². The van der Waals surface area contributed by atoms with Crippen molar-refractivity contribution in [2.75, 3.05) is 58.7 Å². The quantitative estimate of drug-likeness (QED) is 0.776. The molecule has 7 nitrogen and oxygen atoms in total. The predicted molar refractivity (Wildman–Crippen MR) is 105 cm³/mol. The molecule has 2 amide bonds. The number of hydrogen-bond acceptors (Lipinski definition) is 6. The highest BCUT2D eigenvalue weighted by atomic mass is 32.2. The first-order valence-electron chi connectivity index (χ1n) is 8.41. The van der Waals surface area contributed by atoms with E-state index in [1.807, 2.05) is 20.4 Å². The average Bonchev–Trinajstić information content (AvgIpc) is 3.06. The number of likely N-dealkylation sites (tertiary alicyclic amines) is 1. The molecule has 2 rings (SSSR count). The van der Waals surface area contributed by atoms with Crippen molar-refractivity contribution in [1.29, 1.82) is 0 Å². The summed E-state index contributed by atoms with van der Waals surface area (Å²) in [6.07, 6.45) is 2.80. The number of hydrogen-bond donors (Lipinski definition) is 1. The minimum absolute atomic E-state index is 0.105. The lowest BCUT2D eigenvalue weighted by molar-refractivity contribution is -0.113. The Kier molecular flexibility index (Phi) is 7.16. The predicted octanol–water partition coefficient (Wildman–Crippen LogP) is 1.78. The van der Waals surface area contributed by atoms with Crippen LogP contribution in [0.15, 0.2) is 12.1 Å². The van der Waals surface area contributed by atoms with Crippen LogP contribution >= 0.6 is 11.8 Å². The zero-order valence-corrected chi connectivity index (χ0v) is 16.8. The van der Waals surface area contributed by atoms with E-state index < -0.39 is 0 Å². The number of likely N-dealkylation sites (N-methyl/N-ethyl adjacent to an activating group) is 2. The van der Waals surface area contributed by atoms with Gasteiger partial charge in [0.25, 0.3) is 5.91 Å². The van der Waals surface area contributed by atoms with E-state index in [2.05, 4.69) is 10.2 Å². The molecule has 0 bridgehead atoms. The molecule has 0 saturated carbocycles. The minimum Gasteiger partial charge on any atom is -0.493 e. The number of anilines is 1. The molecule has 26 heavy (non-hydrogen) atoms. The third kappa shape index (κ3) is 4.62. The second-order valence-corrected chi connectivity index (χ2v) is 7.23. The second-order valence-electron chi connectivity index (χ2n) is 6.36. The highest BCUT2D eigenvalue weighted by molar-refractivity contribution is 7.99. The van der Waals surface area contributed by atoms with E-state index >= 15 is 0 Å². The maximum absolute atomic E-state index is 13.0. The normalized spacial score (nSPS) is 17.0. The van der Waals surface area contributed by atoms with Gasteiger partial charge in [-0.3, -0.25) is 9.59 Å². The lowest BCUT2D eigenvalue weighted by Gasteiger charge is -2.25. The molecular formula is C18H27N3O4S. The molecule has 1 atom stereocenters. The van der Waals surface area contributed by atoms with E-state index in [4.69, 9.17) is 9.47 Å². The summed E-state index contributed by atoms with van der Waals surface area (Å²) in [5.74, 6) is 0.870. The standard InChI is InChI=1S/C18H27N3O4S/c1-20-7-6-13(10-20)21(2)18(23)12-8-14(19-16(22)11-26-5)17(25-4)15(9-12)24-3/h8-9,13H,6-7,10-11H2,1-5H3,(H,19,22). The molecule has 1 aliphatic rings. The first-order chi connectivity index (χ1) is 12.4. The van der Waals surface area contributed by atoms with Crippen molar-refractivity contribution in [3.63, 3.8) is 0 Å². The van der Waals surface area contributed by atoms with Crippen molar-refractivity contribution in [2.24, 2.45) is 0 Å². The highest BCUT2D eigenvalue weighted by Crippen LogP contribution is 2.37. The molecule has 1 N–H and O–H groups in total. The zero-order chi connectivity index (χ0) is 19.3. The number of rotatable bonds is 7. The van der Waals surface area contributed by atoms with Crippen molar-refractivity contribution < 1.29 is 19.1 Å². The fraction of sp³-hybridized carbons (Fsp3) is 0.556. The number of thioether (sulfide) groups is 1. The van der Waals surface area contributed by atoms with Gasteiger partial charge in [-0.2, -0.15) is 11.8 Å². The molecule has 0 spiro atoms. The van der Waals surface area contributed by atoms with E-state index in [0.29, 0.717) is 28.5 Å². The van der Waals surface area contributed by atoms with Crippen LogP contribution in [-0.2, 0) is 4.79 Å². The van der Waals surface area contributed by atoms with Crippen LogP contribution in [0.5, 0.6) is 11.5 Å². The molecule has 1 unspecified atom stereocenters. The monoisotopic (exact) mass is 381 g/mol. The Hall–Kier alpha value is -1.93. The topological polar surface area (TPSA) is 71.1 Å². The maximum Gasteiger partial charge on any atom is 0.254 e. The Bertz CT molecular complexity index is 668. The third-order valence-corrected chi connectivity index (χ3v) is 5.06. The van der Waals surface area contributed by atoms with E-state index in [9.17, 15) is 9.59 Å². The lowest BCUT2D eigenvalue weighted by atomic mass is 10.1. The summed E-state index contributed by atoms with van der Waals surface area (Å²) in [7, 11) is 6.88. The number of carbonyl (C=O) groups excluding carboxylic acids is 2. The van der Waals surface area contributed by atoms with Gasteiger partial charge in [-0.25, -0.2) is 0 Å². The first-order valence-corrected chi connectivity index (χ1v) is 9.81. The molecule has 1 aliphatic heterocycles. The van der Waals surface area contributed by atoms with Gasteiger partial charge < -0.3 is 24.6 Å². The van der Waals surface area contributed by atoms with Gasteiger partial charge in [0, 0.05) is 25.2 Å². The van der Waals surface area contributed by atoms with Gasteiger partial charge in [-0.05, 0) is 38.4 Å². The Balaban J connectivity index is 2.32. The van der Waals surface area contributed by atoms with Crippen molar-refractivity contribution in [2.45, 2.75) is 12.5 Å². The molecule has 8 heteroatoms. The van der Waals surface area contributed by atoms with Crippen molar-refractivity contribution in [1.82, 2.24) is 9.80 Å². The van der Waals surface area contributed by atoms with Gasteiger partial charge in [-0.1, -0.05) is 0 Å². The third-order valence-electron chi connectivity index (χ3n) is 4.51. The van der Waals surface area contributed by atoms with E-state index in [0.717, 1.165) is 19.5 Å². The Morgan fingerprint density at radius 3 is 2.62 bits per heavy atom. The van der Waals surface area contributed by atoms with Crippen LogP contribution < -0.4 is 14.8 Å². The number of nitrogens with zero attached hydrogens (tertiary/aromatic N) is 2. The van der Waals surface area contributed by atoms with Gasteiger partial charge >= 0.3 is 0 Å². The maximum atomic E-state index is 13.0. The minimum atomic E-state index is -0.159. The van der Waals surface area contributed by atoms with Crippen molar-refractivity contribution in [3.8, 4) is 11.5 Å². The molecular weight excluding hydrogens is 354 g/mol. The van der Waals surface area contributed by atoms with Crippen LogP contribution in [0.4, 0.5) is 5.69 Å². The molecule has 0 aliphatic carbocycles. The Morgan fingerprint density at radius 1 is 1.35 bits per heavy atom. The molecule has 0 radical (unpaired) electrons. The fourth-order valence-corrected chi connectivity index (χ4v) is 3.43. The number of nitrogens with one attached hydrogen (secondary N) is 1. The summed E-state index contributed by atoms with van der Waals surface area (Å²) in [4.78, 5) is 28.9. The first kappa shape index (κ1) is 20.4.